The first kappa shape index (κ1) is 9.50. The fraction of sp³-hybridized carbons (Fsp3) is 0.727. The summed E-state index contributed by atoms with van der Waals surface area (Å²) in [4.78, 5) is 10.8. The highest BCUT2D eigenvalue weighted by Crippen LogP contribution is 2.36. The molecule has 3 atom stereocenters. The quantitative estimate of drug-likeness (QED) is 0.432. The highest BCUT2D eigenvalue weighted by Gasteiger charge is 2.29. The van der Waals surface area contributed by atoms with Crippen LogP contribution < -0.4 is 0 Å². The van der Waals surface area contributed by atoms with Crippen LogP contribution in [0.5, 0.6) is 0 Å². The monoisotopic (exact) mass is 166 g/mol. The molecule has 0 aromatic carbocycles. The lowest BCUT2D eigenvalue weighted by Crippen LogP contribution is -2.27. The maximum Gasteiger partial charge on any atom is 0.123 e. The Morgan fingerprint density at radius 3 is 2.42 bits per heavy atom. The average molecular weight is 166 g/mol. The maximum atomic E-state index is 10.8. The van der Waals surface area contributed by atoms with Crippen molar-refractivity contribution in [3.05, 3.63) is 11.1 Å². The summed E-state index contributed by atoms with van der Waals surface area (Å²) in [6, 6.07) is 0. The molecular formula is C11H18O. The lowest BCUT2D eigenvalue weighted by Gasteiger charge is -2.32. The molecule has 1 aliphatic rings. The van der Waals surface area contributed by atoms with Crippen molar-refractivity contribution in [3.8, 4) is 0 Å². The molecule has 0 fully saturated rings. The Balaban J connectivity index is 2.92. The van der Waals surface area contributed by atoms with Gasteiger partial charge in [0.15, 0.2) is 0 Å². The van der Waals surface area contributed by atoms with E-state index in [4.69, 9.17) is 0 Å². The molecule has 0 spiro atoms. The van der Waals surface area contributed by atoms with Gasteiger partial charge in [-0.25, -0.2) is 0 Å². The standard InChI is InChI=1S/C11H18O/c1-7-5-8(2)11(6-12)10(4)9(7)3/h6,8,10-11H,5H2,1-4H3. The van der Waals surface area contributed by atoms with Crippen LogP contribution in [0.3, 0.4) is 0 Å². The Morgan fingerprint density at radius 1 is 1.33 bits per heavy atom. The van der Waals surface area contributed by atoms with Crippen LogP contribution in [0.25, 0.3) is 0 Å². The van der Waals surface area contributed by atoms with Gasteiger partial charge in [-0.1, -0.05) is 25.0 Å². The molecule has 0 radical (unpaired) electrons. The van der Waals surface area contributed by atoms with Crippen LogP contribution >= 0.6 is 0 Å². The van der Waals surface area contributed by atoms with Crippen molar-refractivity contribution >= 4 is 6.29 Å². The summed E-state index contributed by atoms with van der Waals surface area (Å²) in [6.07, 6.45) is 2.23. The van der Waals surface area contributed by atoms with E-state index >= 15 is 0 Å². The van der Waals surface area contributed by atoms with Crippen LogP contribution in [0.15, 0.2) is 11.1 Å². The molecule has 1 aliphatic carbocycles. The molecule has 3 unspecified atom stereocenters. The smallest absolute Gasteiger partial charge is 0.123 e. The summed E-state index contributed by atoms with van der Waals surface area (Å²) in [6.45, 7) is 8.67. The minimum atomic E-state index is 0.244. The van der Waals surface area contributed by atoms with E-state index in [9.17, 15) is 4.79 Å². The van der Waals surface area contributed by atoms with Gasteiger partial charge in [0, 0.05) is 5.92 Å². The Morgan fingerprint density at radius 2 is 1.92 bits per heavy atom. The van der Waals surface area contributed by atoms with Crippen LogP contribution in [-0.4, -0.2) is 6.29 Å². The normalized spacial score (nSPS) is 36.8. The van der Waals surface area contributed by atoms with Gasteiger partial charge in [0.25, 0.3) is 0 Å². The molecule has 0 saturated carbocycles. The molecule has 0 saturated heterocycles. The molecule has 0 heterocycles. The molecule has 0 N–H and O–H groups in total. The number of hydrogen-bond acceptors (Lipinski definition) is 1. The number of allylic oxidation sites excluding steroid dienone is 2. The van der Waals surface area contributed by atoms with Crippen molar-refractivity contribution in [3.63, 3.8) is 0 Å². The van der Waals surface area contributed by atoms with Crippen molar-refractivity contribution in [1.82, 2.24) is 0 Å². The van der Waals surface area contributed by atoms with Crippen molar-refractivity contribution in [2.45, 2.75) is 34.1 Å². The number of hydrogen-bond donors (Lipinski definition) is 0. The molecule has 1 rings (SSSR count). The van der Waals surface area contributed by atoms with Crippen molar-refractivity contribution in [2.75, 3.05) is 0 Å². The van der Waals surface area contributed by atoms with Gasteiger partial charge >= 0.3 is 0 Å². The van der Waals surface area contributed by atoms with E-state index in [1.165, 1.54) is 11.1 Å². The van der Waals surface area contributed by atoms with Gasteiger partial charge in [-0.3, -0.25) is 0 Å². The largest absolute Gasteiger partial charge is 0.303 e. The van der Waals surface area contributed by atoms with Crippen LogP contribution in [0.4, 0.5) is 0 Å². The first-order chi connectivity index (χ1) is 5.57. The number of carbonyl (C=O) groups is 1. The second-order valence-electron chi connectivity index (χ2n) is 4.15. The minimum absolute atomic E-state index is 0.244. The van der Waals surface area contributed by atoms with Gasteiger partial charge in [0.2, 0.25) is 0 Å². The molecule has 1 heteroatoms. The second kappa shape index (κ2) is 3.42. The zero-order valence-electron chi connectivity index (χ0n) is 8.42. The molecule has 0 bridgehead atoms. The zero-order valence-corrected chi connectivity index (χ0v) is 8.42. The van der Waals surface area contributed by atoms with E-state index in [1.54, 1.807) is 0 Å². The van der Waals surface area contributed by atoms with Crippen molar-refractivity contribution in [1.29, 1.82) is 0 Å². The summed E-state index contributed by atoms with van der Waals surface area (Å²) in [5.74, 6) is 1.22. The van der Waals surface area contributed by atoms with Gasteiger partial charge in [-0.2, -0.15) is 0 Å². The van der Waals surface area contributed by atoms with Gasteiger partial charge in [-0.15, -0.1) is 0 Å². The third-order valence-corrected chi connectivity index (χ3v) is 3.38. The van der Waals surface area contributed by atoms with Gasteiger partial charge in [0.05, 0.1) is 0 Å². The van der Waals surface area contributed by atoms with E-state index in [-0.39, 0.29) is 5.92 Å². The maximum absolute atomic E-state index is 10.8. The summed E-state index contributed by atoms with van der Waals surface area (Å²) >= 11 is 0. The molecule has 12 heavy (non-hydrogen) atoms. The van der Waals surface area contributed by atoms with E-state index < -0.39 is 0 Å². The van der Waals surface area contributed by atoms with Gasteiger partial charge in [-0.05, 0) is 32.1 Å². The molecule has 0 aliphatic heterocycles. The molecule has 0 amide bonds. The number of aldehydes is 1. The first-order valence-corrected chi connectivity index (χ1v) is 4.69. The summed E-state index contributed by atoms with van der Waals surface area (Å²) < 4.78 is 0. The Bertz CT molecular complexity index is 215. The molecular weight excluding hydrogens is 148 g/mol. The fourth-order valence-electron chi connectivity index (χ4n) is 2.20. The van der Waals surface area contributed by atoms with E-state index in [2.05, 4.69) is 27.7 Å². The average Bonchev–Trinajstić information content (AvgIpc) is 2.01. The Labute approximate surface area is 74.9 Å². The topological polar surface area (TPSA) is 17.1 Å². The van der Waals surface area contributed by atoms with Crippen molar-refractivity contribution < 1.29 is 4.79 Å². The second-order valence-corrected chi connectivity index (χ2v) is 4.15. The Hall–Kier alpha value is -0.590. The van der Waals surface area contributed by atoms with E-state index in [1.807, 2.05) is 0 Å². The molecule has 0 aromatic heterocycles. The van der Waals surface area contributed by atoms with Gasteiger partial charge in [0.1, 0.15) is 6.29 Å². The fourth-order valence-corrected chi connectivity index (χ4v) is 2.20. The van der Waals surface area contributed by atoms with E-state index in [0.29, 0.717) is 11.8 Å². The highest BCUT2D eigenvalue weighted by molar-refractivity contribution is 5.56. The molecule has 0 aromatic rings. The highest BCUT2D eigenvalue weighted by atomic mass is 16.1. The van der Waals surface area contributed by atoms with Crippen LogP contribution in [0.1, 0.15) is 34.1 Å². The number of carbonyl (C=O) groups excluding carboxylic acids is 1. The predicted molar refractivity (Wildman–Crippen MR) is 50.9 cm³/mol. The third kappa shape index (κ3) is 1.45. The molecule has 68 valence electrons. The van der Waals surface area contributed by atoms with Gasteiger partial charge < -0.3 is 4.79 Å². The van der Waals surface area contributed by atoms with Crippen LogP contribution in [-0.2, 0) is 4.79 Å². The van der Waals surface area contributed by atoms with Crippen LogP contribution in [0.2, 0.25) is 0 Å². The van der Waals surface area contributed by atoms with Crippen molar-refractivity contribution in [2.24, 2.45) is 17.8 Å². The summed E-state index contributed by atoms with van der Waals surface area (Å²) in [7, 11) is 0. The molecule has 1 nitrogen and oxygen atoms in total. The summed E-state index contributed by atoms with van der Waals surface area (Å²) in [5, 5.41) is 0. The predicted octanol–water partition coefficient (Wildman–Crippen LogP) is 2.81. The lowest BCUT2D eigenvalue weighted by molar-refractivity contribution is -0.113. The minimum Gasteiger partial charge on any atom is -0.303 e. The van der Waals surface area contributed by atoms with E-state index in [0.717, 1.165) is 12.7 Å². The summed E-state index contributed by atoms with van der Waals surface area (Å²) in [5.41, 5.74) is 2.90. The Kier molecular flexibility index (Phi) is 2.71. The first-order valence-electron chi connectivity index (χ1n) is 4.69. The third-order valence-electron chi connectivity index (χ3n) is 3.38. The zero-order chi connectivity index (χ0) is 9.30. The lowest BCUT2D eigenvalue weighted by atomic mass is 9.72. The number of rotatable bonds is 1. The SMILES string of the molecule is CC1=C(C)C(C)C(C=O)C(C)C1. The van der Waals surface area contributed by atoms with Crippen LogP contribution in [0, 0.1) is 17.8 Å².